The molecule has 0 aliphatic carbocycles. The number of nitrogens with zero attached hydrogens (tertiary/aromatic N) is 3. The summed E-state index contributed by atoms with van der Waals surface area (Å²) in [5.41, 5.74) is 2.07. The first-order chi connectivity index (χ1) is 8.58. The maximum atomic E-state index is 12.3. The van der Waals surface area contributed by atoms with Crippen molar-refractivity contribution in [1.82, 2.24) is 0 Å². The lowest BCUT2D eigenvalue weighted by Crippen LogP contribution is -2.11. The van der Waals surface area contributed by atoms with Gasteiger partial charge in [-0.05, 0) is 25.7 Å². The molecule has 6 nitrogen and oxygen atoms in total. The SMILES string of the molecule is CCC(CC)=NP1(=O)ON=C(CC)C(CC)=NO1. The van der Waals surface area contributed by atoms with Gasteiger partial charge < -0.3 is 0 Å². The van der Waals surface area contributed by atoms with Crippen LogP contribution >= 0.6 is 7.75 Å². The van der Waals surface area contributed by atoms with E-state index in [2.05, 4.69) is 15.1 Å². The van der Waals surface area contributed by atoms with Crippen LogP contribution in [0.1, 0.15) is 53.4 Å². The van der Waals surface area contributed by atoms with Crippen molar-refractivity contribution >= 4 is 24.9 Å². The van der Waals surface area contributed by atoms with Crippen LogP contribution in [0.2, 0.25) is 0 Å². The molecule has 0 amide bonds. The highest BCUT2D eigenvalue weighted by Gasteiger charge is 2.31. The Morgan fingerprint density at radius 1 is 1.06 bits per heavy atom. The fourth-order valence-electron chi connectivity index (χ4n) is 1.46. The lowest BCUT2D eigenvalue weighted by molar-refractivity contribution is 0.223. The van der Waals surface area contributed by atoms with E-state index >= 15 is 0 Å². The summed E-state index contributed by atoms with van der Waals surface area (Å²) in [4.78, 5) is 0. The minimum Gasteiger partial charge on any atom is -0.286 e. The average Bonchev–Trinajstić information content (AvgIpc) is 2.55. The number of rotatable bonds is 5. The molecule has 0 saturated heterocycles. The standard InChI is InChI=1S/C11H20N3O3P/c1-5-9(6-2)14-18(15)16-12-10(7-3)11(8-4)13-17-18/h5-8H2,1-4H3. The van der Waals surface area contributed by atoms with E-state index in [1.165, 1.54) is 0 Å². The molecule has 1 aliphatic heterocycles. The van der Waals surface area contributed by atoms with E-state index in [9.17, 15) is 4.57 Å². The van der Waals surface area contributed by atoms with Crippen molar-refractivity contribution in [3.63, 3.8) is 0 Å². The minimum atomic E-state index is -3.63. The molecule has 0 aromatic heterocycles. The Bertz CT molecular complexity index is 397. The van der Waals surface area contributed by atoms with Gasteiger partial charge in [0.2, 0.25) is 0 Å². The van der Waals surface area contributed by atoms with Crippen LogP contribution in [-0.2, 0) is 13.8 Å². The van der Waals surface area contributed by atoms with Crippen LogP contribution in [0.15, 0.2) is 15.1 Å². The molecule has 0 aromatic carbocycles. The minimum absolute atomic E-state index is 0.647. The first kappa shape index (κ1) is 14.9. The van der Waals surface area contributed by atoms with E-state index in [1.807, 2.05) is 27.7 Å². The van der Waals surface area contributed by atoms with Crippen molar-refractivity contribution in [2.75, 3.05) is 0 Å². The Morgan fingerprint density at radius 2 is 1.50 bits per heavy atom. The summed E-state index contributed by atoms with van der Waals surface area (Å²) in [7, 11) is -3.63. The third-order valence-corrected chi connectivity index (χ3v) is 3.70. The zero-order chi connectivity index (χ0) is 13.6. The van der Waals surface area contributed by atoms with Gasteiger partial charge in [0.15, 0.2) is 0 Å². The largest absolute Gasteiger partial charge is 0.604 e. The molecule has 0 radical (unpaired) electrons. The highest BCUT2D eigenvalue weighted by Crippen LogP contribution is 2.52. The van der Waals surface area contributed by atoms with Crippen LogP contribution in [0.3, 0.4) is 0 Å². The molecular formula is C11H20N3O3P. The summed E-state index contributed by atoms with van der Waals surface area (Å²) >= 11 is 0. The second-order valence-electron chi connectivity index (χ2n) is 3.79. The van der Waals surface area contributed by atoms with Crippen molar-refractivity contribution in [3.05, 3.63) is 0 Å². The van der Waals surface area contributed by atoms with E-state index in [0.717, 1.165) is 5.71 Å². The molecule has 0 fully saturated rings. The van der Waals surface area contributed by atoms with Gasteiger partial charge in [0.05, 0.1) is 0 Å². The molecule has 0 atom stereocenters. The monoisotopic (exact) mass is 273 g/mol. The van der Waals surface area contributed by atoms with Crippen LogP contribution in [0, 0.1) is 0 Å². The zero-order valence-electron chi connectivity index (χ0n) is 11.3. The maximum Gasteiger partial charge on any atom is 0.604 e. The van der Waals surface area contributed by atoms with E-state index in [-0.39, 0.29) is 0 Å². The second-order valence-corrected chi connectivity index (χ2v) is 5.25. The molecule has 18 heavy (non-hydrogen) atoms. The van der Waals surface area contributed by atoms with E-state index in [0.29, 0.717) is 37.1 Å². The van der Waals surface area contributed by atoms with Gasteiger partial charge in [-0.25, -0.2) is 4.57 Å². The molecule has 1 heterocycles. The van der Waals surface area contributed by atoms with Crippen molar-refractivity contribution in [2.24, 2.45) is 15.1 Å². The van der Waals surface area contributed by atoms with Gasteiger partial charge in [-0.15, -0.1) is 0 Å². The Labute approximate surface area is 108 Å². The summed E-state index contributed by atoms with van der Waals surface area (Å²) in [6, 6.07) is 0. The third kappa shape index (κ3) is 3.67. The summed E-state index contributed by atoms with van der Waals surface area (Å²) in [5.74, 6) is 0. The highest BCUT2D eigenvalue weighted by molar-refractivity contribution is 7.52. The predicted molar refractivity (Wildman–Crippen MR) is 73.2 cm³/mol. The van der Waals surface area contributed by atoms with E-state index in [1.54, 1.807) is 0 Å². The van der Waals surface area contributed by atoms with Crippen LogP contribution in [0.5, 0.6) is 0 Å². The lowest BCUT2D eigenvalue weighted by atomic mass is 10.1. The topological polar surface area (TPSA) is 72.6 Å². The van der Waals surface area contributed by atoms with Crippen LogP contribution in [0.25, 0.3) is 0 Å². The van der Waals surface area contributed by atoms with Crippen LogP contribution in [-0.4, -0.2) is 17.1 Å². The fraction of sp³-hybridized carbons (Fsp3) is 0.727. The van der Waals surface area contributed by atoms with E-state index < -0.39 is 7.75 Å². The molecule has 7 heteroatoms. The van der Waals surface area contributed by atoms with Gasteiger partial charge >= 0.3 is 7.75 Å². The summed E-state index contributed by atoms with van der Waals surface area (Å²) in [6.45, 7) is 7.73. The predicted octanol–water partition coefficient (Wildman–Crippen LogP) is 3.93. The van der Waals surface area contributed by atoms with Crippen molar-refractivity contribution in [1.29, 1.82) is 0 Å². The number of oxime groups is 2. The molecule has 1 rings (SSSR count). The Hall–Kier alpha value is -1.16. The average molecular weight is 273 g/mol. The maximum absolute atomic E-state index is 12.3. The summed E-state index contributed by atoms with van der Waals surface area (Å²) in [6.07, 6.45) is 2.69. The van der Waals surface area contributed by atoms with Crippen molar-refractivity contribution in [2.45, 2.75) is 53.4 Å². The Morgan fingerprint density at radius 3 is 1.83 bits per heavy atom. The molecule has 0 bridgehead atoms. The van der Waals surface area contributed by atoms with Gasteiger partial charge in [0.25, 0.3) is 0 Å². The number of hydrogen-bond acceptors (Lipinski definition) is 5. The van der Waals surface area contributed by atoms with Gasteiger partial charge in [0.1, 0.15) is 11.4 Å². The highest BCUT2D eigenvalue weighted by atomic mass is 31.2. The fourth-order valence-corrected chi connectivity index (χ4v) is 2.60. The molecule has 0 N–H and O–H groups in total. The molecular weight excluding hydrogens is 253 g/mol. The van der Waals surface area contributed by atoms with Crippen molar-refractivity contribution in [3.8, 4) is 0 Å². The molecule has 0 unspecified atom stereocenters. The van der Waals surface area contributed by atoms with Crippen LogP contribution in [0.4, 0.5) is 0 Å². The van der Waals surface area contributed by atoms with Crippen molar-refractivity contribution < 1.29 is 13.8 Å². The Kier molecular flexibility index (Phi) is 5.54. The first-order valence-corrected chi connectivity index (χ1v) is 7.77. The zero-order valence-corrected chi connectivity index (χ0v) is 12.2. The molecule has 0 saturated carbocycles. The third-order valence-electron chi connectivity index (χ3n) is 2.59. The molecule has 102 valence electrons. The van der Waals surface area contributed by atoms with E-state index in [4.69, 9.17) is 9.25 Å². The normalized spacial score (nSPS) is 17.8. The molecule has 1 aliphatic rings. The van der Waals surface area contributed by atoms with Gasteiger partial charge in [-0.1, -0.05) is 38.0 Å². The van der Waals surface area contributed by atoms with Gasteiger partial charge in [-0.2, -0.15) is 4.76 Å². The quantitative estimate of drug-likeness (QED) is 0.562. The molecule has 0 spiro atoms. The smallest absolute Gasteiger partial charge is 0.286 e. The Balaban J connectivity index is 3.02. The summed E-state index contributed by atoms with van der Waals surface area (Å²) in [5, 5.41) is 7.72. The lowest BCUT2D eigenvalue weighted by Gasteiger charge is -2.07. The molecule has 0 aromatic rings. The second kappa shape index (κ2) is 6.69. The van der Waals surface area contributed by atoms with Crippen LogP contribution < -0.4 is 0 Å². The summed E-state index contributed by atoms with van der Waals surface area (Å²) < 4.78 is 26.2. The van der Waals surface area contributed by atoms with Gasteiger partial charge in [-0.3, -0.25) is 9.25 Å². The number of hydrogen-bond donors (Lipinski definition) is 0. The first-order valence-electron chi connectivity index (χ1n) is 6.28. The van der Waals surface area contributed by atoms with Gasteiger partial charge in [0, 0.05) is 5.71 Å².